The van der Waals surface area contributed by atoms with E-state index in [1.807, 2.05) is 0 Å². The van der Waals surface area contributed by atoms with Gasteiger partial charge in [0.25, 0.3) is 0 Å². The van der Waals surface area contributed by atoms with Gasteiger partial charge in [0.1, 0.15) is 14.8 Å². The lowest BCUT2D eigenvalue weighted by Gasteiger charge is -1.99. The van der Waals surface area contributed by atoms with Crippen LogP contribution in [0, 0.1) is 0 Å². The molecule has 0 fully saturated rings. The Bertz CT molecular complexity index is 531. The van der Waals surface area contributed by atoms with Crippen molar-refractivity contribution in [1.82, 2.24) is 4.98 Å². The molecular weight excluding hydrogens is 248 g/mol. The predicted molar refractivity (Wildman–Crippen MR) is 53.8 cm³/mol. The summed E-state index contributed by atoms with van der Waals surface area (Å²) in [5, 5.41) is 0.0872. The molecule has 0 bridgehead atoms. The summed E-state index contributed by atoms with van der Waals surface area (Å²) >= 11 is 0. The molecule has 8 heteroatoms. The Labute approximate surface area is 86.9 Å². The molecule has 14 heavy (non-hydrogen) atoms. The Morgan fingerprint density at radius 1 is 1.36 bits per heavy atom. The van der Waals surface area contributed by atoms with Crippen LogP contribution in [0.1, 0.15) is 0 Å². The molecule has 0 radical (unpaired) electrons. The maximum Gasteiger partial charge on any atom is 0.347 e. The van der Waals surface area contributed by atoms with Crippen LogP contribution in [0.4, 0.5) is 0 Å². The van der Waals surface area contributed by atoms with Crippen LogP contribution in [-0.4, -0.2) is 23.9 Å². The van der Waals surface area contributed by atoms with Gasteiger partial charge in [-0.25, -0.2) is 9.19 Å². The first-order valence-corrected chi connectivity index (χ1v) is 7.59. The van der Waals surface area contributed by atoms with Crippen molar-refractivity contribution in [2.24, 2.45) is 3.77 Å². The van der Waals surface area contributed by atoms with Crippen LogP contribution in [0.25, 0.3) is 0 Å². The average Bonchev–Trinajstić information content (AvgIpc) is 2.01. The third kappa shape index (κ3) is 3.24. The molecule has 0 saturated carbocycles. The normalized spacial score (nSPS) is 15.9. The SMILES string of the molecule is C[S@@](=O)(=NS(=O)(=O)Cl)c1ccccn1. The summed E-state index contributed by atoms with van der Waals surface area (Å²) in [7, 11) is -2.36. The van der Waals surface area contributed by atoms with E-state index in [1.165, 1.54) is 12.3 Å². The van der Waals surface area contributed by atoms with Crippen molar-refractivity contribution in [2.45, 2.75) is 5.03 Å². The summed E-state index contributed by atoms with van der Waals surface area (Å²) in [6.45, 7) is 0. The molecule has 0 spiro atoms. The first kappa shape index (κ1) is 11.4. The van der Waals surface area contributed by atoms with Gasteiger partial charge in [0, 0.05) is 23.1 Å². The summed E-state index contributed by atoms with van der Waals surface area (Å²) in [5.41, 5.74) is 0. The molecule has 0 aromatic carbocycles. The number of hydrogen-bond donors (Lipinski definition) is 0. The Balaban J connectivity index is 3.37. The monoisotopic (exact) mass is 254 g/mol. The van der Waals surface area contributed by atoms with Crippen molar-refractivity contribution in [3.8, 4) is 0 Å². The number of nitrogens with zero attached hydrogens (tertiary/aromatic N) is 2. The van der Waals surface area contributed by atoms with Crippen molar-refractivity contribution in [3.05, 3.63) is 24.4 Å². The molecular formula is C6H7ClN2O3S2. The summed E-state index contributed by atoms with van der Waals surface area (Å²) in [4.78, 5) is 3.74. The van der Waals surface area contributed by atoms with Crippen molar-refractivity contribution in [3.63, 3.8) is 0 Å². The van der Waals surface area contributed by atoms with Crippen molar-refractivity contribution >= 4 is 29.6 Å². The molecule has 1 heterocycles. The number of rotatable bonds is 2. The van der Waals surface area contributed by atoms with E-state index in [9.17, 15) is 12.6 Å². The number of halogens is 1. The van der Waals surface area contributed by atoms with E-state index in [1.54, 1.807) is 12.1 Å². The van der Waals surface area contributed by atoms with Crippen LogP contribution < -0.4 is 0 Å². The van der Waals surface area contributed by atoms with E-state index in [0.717, 1.165) is 6.26 Å². The van der Waals surface area contributed by atoms with Crippen molar-refractivity contribution in [1.29, 1.82) is 0 Å². The lowest BCUT2D eigenvalue weighted by molar-refractivity contribution is 0.611. The minimum absolute atomic E-state index is 0.0872. The van der Waals surface area contributed by atoms with E-state index >= 15 is 0 Å². The fourth-order valence-corrected chi connectivity index (χ4v) is 4.00. The maximum absolute atomic E-state index is 11.7. The molecule has 0 N–H and O–H groups in total. The van der Waals surface area contributed by atoms with Crippen molar-refractivity contribution in [2.75, 3.05) is 6.26 Å². The molecule has 78 valence electrons. The zero-order valence-corrected chi connectivity index (χ0v) is 9.51. The van der Waals surface area contributed by atoms with E-state index in [-0.39, 0.29) is 5.03 Å². The molecule has 1 aromatic heterocycles. The van der Waals surface area contributed by atoms with Gasteiger partial charge in [0.2, 0.25) is 0 Å². The van der Waals surface area contributed by atoms with E-state index in [4.69, 9.17) is 10.7 Å². The van der Waals surface area contributed by atoms with Gasteiger partial charge in [-0.3, -0.25) is 0 Å². The largest absolute Gasteiger partial charge is 0.347 e. The predicted octanol–water partition coefficient (Wildman–Crippen LogP) is 1.02. The van der Waals surface area contributed by atoms with E-state index in [2.05, 4.69) is 8.75 Å². The molecule has 1 atom stereocenters. The first-order chi connectivity index (χ1) is 6.31. The molecule has 0 unspecified atom stereocenters. The molecule has 5 nitrogen and oxygen atoms in total. The first-order valence-electron chi connectivity index (χ1n) is 3.40. The zero-order valence-electron chi connectivity index (χ0n) is 7.12. The Hall–Kier alpha value is -0.660. The third-order valence-corrected chi connectivity index (χ3v) is 4.63. The highest BCUT2D eigenvalue weighted by Crippen LogP contribution is 2.11. The van der Waals surface area contributed by atoms with Crippen molar-refractivity contribution < 1.29 is 12.6 Å². The van der Waals surface area contributed by atoms with Gasteiger partial charge < -0.3 is 0 Å². The minimum atomic E-state index is -4.15. The van der Waals surface area contributed by atoms with Crippen LogP contribution in [0.2, 0.25) is 0 Å². The topological polar surface area (TPSA) is 76.5 Å². The highest BCUT2D eigenvalue weighted by molar-refractivity contribution is 8.17. The van der Waals surface area contributed by atoms with Gasteiger partial charge in [-0.15, -0.1) is 0 Å². The van der Waals surface area contributed by atoms with Crippen LogP contribution in [0.15, 0.2) is 33.2 Å². The summed E-state index contributed by atoms with van der Waals surface area (Å²) in [6.07, 6.45) is 2.56. The van der Waals surface area contributed by atoms with Crippen LogP contribution in [0.3, 0.4) is 0 Å². The van der Waals surface area contributed by atoms with Gasteiger partial charge in [0.15, 0.2) is 0 Å². The molecule has 0 aliphatic heterocycles. The lowest BCUT2D eigenvalue weighted by atomic mass is 10.5. The molecule has 1 rings (SSSR count). The smallest absolute Gasteiger partial charge is 0.246 e. The van der Waals surface area contributed by atoms with Gasteiger partial charge >= 0.3 is 9.24 Å². The van der Waals surface area contributed by atoms with Crippen LogP contribution in [0.5, 0.6) is 0 Å². The van der Waals surface area contributed by atoms with Crippen LogP contribution >= 0.6 is 10.7 Å². The quantitative estimate of drug-likeness (QED) is 0.739. The number of pyridine rings is 1. The Morgan fingerprint density at radius 3 is 2.43 bits per heavy atom. The zero-order chi connectivity index (χ0) is 10.8. The lowest BCUT2D eigenvalue weighted by Crippen LogP contribution is -2.02. The maximum atomic E-state index is 11.7. The van der Waals surface area contributed by atoms with Crippen LogP contribution in [-0.2, 0) is 19.0 Å². The standard InChI is InChI=1S/C6H7ClN2O3S2/c1-13(10,9-14(7,11)12)6-4-2-3-5-8-6/h2-5H,1H3/t13-/m0/s1. The average molecular weight is 255 g/mol. The third-order valence-electron chi connectivity index (χ3n) is 1.26. The second kappa shape index (κ2) is 3.84. The van der Waals surface area contributed by atoms with E-state index < -0.39 is 19.0 Å². The van der Waals surface area contributed by atoms with Gasteiger partial charge in [-0.05, 0) is 12.1 Å². The summed E-state index contributed by atoms with van der Waals surface area (Å²) in [6, 6.07) is 4.63. The molecule has 0 amide bonds. The summed E-state index contributed by atoms with van der Waals surface area (Å²) < 4.78 is 35.9. The number of hydrogen-bond acceptors (Lipinski definition) is 4. The highest BCUT2D eigenvalue weighted by atomic mass is 35.7. The minimum Gasteiger partial charge on any atom is -0.246 e. The highest BCUT2D eigenvalue weighted by Gasteiger charge is 2.12. The fraction of sp³-hybridized carbons (Fsp3) is 0.167. The Morgan fingerprint density at radius 2 is 2.00 bits per heavy atom. The molecule has 0 saturated heterocycles. The number of aromatic nitrogens is 1. The second-order valence-corrected chi connectivity index (χ2v) is 7.07. The molecule has 1 aromatic rings. The van der Waals surface area contributed by atoms with E-state index in [0.29, 0.717) is 0 Å². The Kier molecular flexibility index (Phi) is 3.13. The fourth-order valence-electron chi connectivity index (χ4n) is 0.779. The molecule has 0 aliphatic carbocycles. The van der Waals surface area contributed by atoms with Gasteiger partial charge in [0.05, 0.1) is 0 Å². The molecule has 0 aliphatic rings. The van der Waals surface area contributed by atoms with Gasteiger partial charge in [-0.2, -0.15) is 8.42 Å². The second-order valence-electron chi connectivity index (χ2n) is 2.46. The summed E-state index contributed by atoms with van der Waals surface area (Å²) in [5.74, 6) is 0. The van der Waals surface area contributed by atoms with Gasteiger partial charge in [-0.1, -0.05) is 9.83 Å².